The molecule has 0 aliphatic rings. The van der Waals surface area contributed by atoms with Crippen molar-refractivity contribution in [2.45, 2.75) is 47.5 Å². The number of esters is 2. The van der Waals surface area contributed by atoms with Crippen LogP contribution in [-0.2, 0) is 19.1 Å². The number of hydrogen-bond donors (Lipinski definition) is 0. The monoisotopic (exact) mass is 269 g/mol. The Labute approximate surface area is 116 Å². The fourth-order valence-electron chi connectivity index (χ4n) is 1.77. The molecule has 0 saturated carbocycles. The van der Waals surface area contributed by atoms with E-state index in [1.54, 1.807) is 20.3 Å². The molecule has 0 aromatic heterocycles. The normalized spacial score (nSPS) is 10.8. The second-order valence-electron chi connectivity index (χ2n) is 4.62. The third kappa shape index (κ3) is 5.05. The average Bonchev–Trinajstić information content (AvgIpc) is 2.34. The number of ether oxygens (including phenoxy) is 2. The molecular weight excluding hydrogens is 244 g/mol. The molecule has 0 spiro atoms. The highest BCUT2D eigenvalue weighted by Gasteiger charge is 2.47. The van der Waals surface area contributed by atoms with Crippen molar-refractivity contribution < 1.29 is 19.1 Å². The topological polar surface area (TPSA) is 52.6 Å². The molecule has 0 atom stereocenters. The van der Waals surface area contributed by atoms with E-state index in [4.69, 9.17) is 9.47 Å². The van der Waals surface area contributed by atoms with E-state index in [2.05, 4.69) is 0 Å². The number of hydrogen-bond acceptors (Lipinski definition) is 4. The first-order valence-corrected chi connectivity index (χ1v) is 6.70. The van der Waals surface area contributed by atoms with Gasteiger partial charge in [-0.15, -0.1) is 0 Å². The van der Waals surface area contributed by atoms with E-state index < -0.39 is 17.4 Å². The lowest BCUT2D eigenvalue weighted by atomic mass is 9.79. The lowest BCUT2D eigenvalue weighted by Gasteiger charge is -2.27. The van der Waals surface area contributed by atoms with Crippen LogP contribution in [0.1, 0.15) is 47.5 Å². The maximum absolute atomic E-state index is 12.2. The molecule has 0 rings (SSSR count). The number of rotatable bonds is 8. The van der Waals surface area contributed by atoms with Gasteiger partial charge in [0.2, 0.25) is 0 Å². The average molecular weight is 269 g/mol. The zero-order chi connectivity index (χ0) is 14.9. The highest BCUT2D eigenvalue weighted by atomic mass is 16.6. The first-order valence-electron chi connectivity index (χ1n) is 6.70. The van der Waals surface area contributed by atoms with E-state index in [-0.39, 0.29) is 13.2 Å². The van der Waals surface area contributed by atoms with Crippen molar-refractivity contribution in [1.82, 2.24) is 0 Å². The van der Waals surface area contributed by atoms with Crippen molar-refractivity contribution in [3.05, 3.63) is 18.1 Å². The molecule has 0 aliphatic carbocycles. The van der Waals surface area contributed by atoms with Gasteiger partial charge in [0.1, 0.15) is 0 Å². The fraction of sp³-hybridized carbons (Fsp3) is 0.667. The summed E-state index contributed by atoms with van der Waals surface area (Å²) in [6.45, 7) is 9.62. The van der Waals surface area contributed by atoms with E-state index in [1.807, 2.05) is 26.8 Å². The van der Waals surface area contributed by atoms with Gasteiger partial charge < -0.3 is 9.47 Å². The summed E-state index contributed by atoms with van der Waals surface area (Å²) in [5.41, 5.74) is -0.202. The van der Waals surface area contributed by atoms with Gasteiger partial charge in [0.25, 0.3) is 0 Å². The van der Waals surface area contributed by atoms with Crippen LogP contribution in [0.3, 0.4) is 0 Å². The maximum Gasteiger partial charge on any atom is 0.323 e. The Morgan fingerprint density at radius 1 is 1.00 bits per heavy atom. The summed E-state index contributed by atoms with van der Waals surface area (Å²) in [6.07, 6.45) is 4.29. The van der Waals surface area contributed by atoms with Crippen LogP contribution in [0.2, 0.25) is 0 Å². The molecule has 0 fully saturated rings. The Kier molecular flexibility index (Phi) is 8.12. The lowest BCUT2D eigenvalue weighted by Crippen LogP contribution is -2.42. The van der Waals surface area contributed by atoms with Crippen molar-refractivity contribution in [3.8, 4) is 0 Å². The van der Waals surface area contributed by atoms with Gasteiger partial charge in [0.05, 0.1) is 13.2 Å². The van der Waals surface area contributed by atoms with Crippen molar-refractivity contribution in [1.29, 1.82) is 0 Å². The summed E-state index contributed by atoms with van der Waals surface area (Å²) in [6, 6.07) is 0. The number of carbonyl (C=O) groups excluding carboxylic acids is 2. The molecule has 0 saturated heterocycles. The van der Waals surface area contributed by atoms with Crippen LogP contribution in [0.25, 0.3) is 0 Å². The van der Waals surface area contributed by atoms with E-state index in [0.717, 1.165) is 5.57 Å². The smallest absolute Gasteiger partial charge is 0.323 e. The van der Waals surface area contributed by atoms with Gasteiger partial charge in [-0.1, -0.05) is 18.6 Å². The molecule has 4 heteroatoms. The van der Waals surface area contributed by atoms with Crippen LogP contribution in [0, 0.1) is 11.8 Å². The first-order chi connectivity index (χ1) is 8.94. The minimum Gasteiger partial charge on any atom is -0.465 e. The van der Waals surface area contributed by atoms with Gasteiger partial charge >= 0.3 is 11.9 Å². The molecule has 4 nitrogen and oxygen atoms in total. The van der Waals surface area contributed by atoms with Gasteiger partial charge in [-0.05, 0) is 47.0 Å². The largest absolute Gasteiger partial charge is 0.465 e. The second-order valence-corrected chi connectivity index (χ2v) is 4.62. The SMILES string of the molecule is C[CH]CC(CC=C(C)C)(C(=O)OCC)C(=O)OCC. The molecule has 0 unspecified atom stereocenters. The Balaban J connectivity index is 5.38. The summed E-state index contributed by atoms with van der Waals surface area (Å²) in [5, 5.41) is 0. The summed E-state index contributed by atoms with van der Waals surface area (Å²) in [7, 11) is 0. The lowest BCUT2D eigenvalue weighted by molar-refractivity contribution is -0.172. The van der Waals surface area contributed by atoms with Gasteiger partial charge in [-0.25, -0.2) is 0 Å². The maximum atomic E-state index is 12.2. The Morgan fingerprint density at radius 2 is 1.47 bits per heavy atom. The summed E-state index contributed by atoms with van der Waals surface area (Å²) < 4.78 is 10.1. The summed E-state index contributed by atoms with van der Waals surface area (Å²) in [4.78, 5) is 24.4. The second kappa shape index (κ2) is 8.73. The highest BCUT2D eigenvalue weighted by molar-refractivity contribution is 6.00. The molecule has 0 aromatic rings. The Hall–Kier alpha value is -1.32. The van der Waals surface area contributed by atoms with E-state index in [1.165, 1.54) is 0 Å². The molecule has 0 heterocycles. The van der Waals surface area contributed by atoms with Gasteiger partial charge in [0, 0.05) is 0 Å². The van der Waals surface area contributed by atoms with Crippen LogP contribution in [-0.4, -0.2) is 25.2 Å². The van der Waals surface area contributed by atoms with Crippen molar-refractivity contribution in [2.24, 2.45) is 5.41 Å². The molecule has 19 heavy (non-hydrogen) atoms. The molecular formula is C15H25O4. The van der Waals surface area contributed by atoms with Crippen LogP contribution in [0.15, 0.2) is 11.6 Å². The van der Waals surface area contributed by atoms with Crippen LogP contribution in [0.5, 0.6) is 0 Å². The van der Waals surface area contributed by atoms with Gasteiger partial charge in [0.15, 0.2) is 5.41 Å². The van der Waals surface area contributed by atoms with Crippen LogP contribution in [0.4, 0.5) is 0 Å². The van der Waals surface area contributed by atoms with Crippen molar-refractivity contribution >= 4 is 11.9 Å². The highest BCUT2D eigenvalue weighted by Crippen LogP contribution is 2.33. The zero-order valence-electron chi connectivity index (χ0n) is 12.6. The molecule has 0 aromatic carbocycles. The zero-order valence-corrected chi connectivity index (χ0v) is 12.6. The van der Waals surface area contributed by atoms with Crippen molar-refractivity contribution in [3.63, 3.8) is 0 Å². The van der Waals surface area contributed by atoms with Crippen LogP contribution >= 0.6 is 0 Å². The molecule has 0 bridgehead atoms. The molecule has 0 amide bonds. The van der Waals surface area contributed by atoms with Crippen LogP contribution < -0.4 is 0 Å². The molecule has 1 radical (unpaired) electrons. The molecule has 0 N–H and O–H groups in total. The summed E-state index contributed by atoms with van der Waals surface area (Å²) >= 11 is 0. The quantitative estimate of drug-likeness (QED) is 0.386. The predicted molar refractivity (Wildman–Crippen MR) is 74.3 cm³/mol. The van der Waals surface area contributed by atoms with Gasteiger partial charge in [-0.3, -0.25) is 9.59 Å². The van der Waals surface area contributed by atoms with E-state index >= 15 is 0 Å². The predicted octanol–water partition coefficient (Wildman–Crippen LogP) is 3.07. The van der Waals surface area contributed by atoms with E-state index in [9.17, 15) is 9.59 Å². The third-order valence-electron chi connectivity index (χ3n) is 2.74. The van der Waals surface area contributed by atoms with Gasteiger partial charge in [-0.2, -0.15) is 0 Å². The molecule has 0 aliphatic heterocycles. The summed E-state index contributed by atoms with van der Waals surface area (Å²) in [5.74, 6) is -1.02. The molecule has 109 valence electrons. The standard InChI is InChI=1S/C15H25O4/c1-6-10-15(11-9-12(4)5,13(16)18-7-2)14(17)19-8-3/h6,9H,7-8,10-11H2,1-5H3. The van der Waals surface area contributed by atoms with Crippen molar-refractivity contribution in [2.75, 3.05) is 13.2 Å². The Bertz CT molecular complexity index is 309. The number of allylic oxidation sites excluding steroid dienone is 2. The minimum absolute atomic E-state index is 0.249. The first kappa shape index (κ1) is 17.7. The fourth-order valence-corrected chi connectivity index (χ4v) is 1.77. The van der Waals surface area contributed by atoms with E-state index in [0.29, 0.717) is 12.8 Å². The number of carbonyl (C=O) groups is 2. The third-order valence-corrected chi connectivity index (χ3v) is 2.74. The minimum atomic E-state index is -1.25. The Morgan fingerprint density at radius 3 is 1.79 bits per heavy atom.